The lowest BCUT2D eigenvalue weighted by Crippen LogP contribution is -2.59. The number of amides is 1. The molecule has 118 valence electrons. The molecule has 1 aromatic rings. The van der Waals surface area contributed by atoms with E-state index in [1.165, 1.54) is 19.3 Å². The summed E-state index contributed by atoms with van der Waals surface area (Å²) in [5.41, 5.74) is 1.98. The van der Waals surface area contributed by atoms with E-state index in [9.17, 15) is 4.79 Å². The van der Waals surface area contributed by atoms with Gasteiger partial charge >= 0.3 is 0 Å². The third-order valence-electron chi connectivity index (χ3n) is 5.31. The number of benzene rings is 1. The van der Waals surface area contributed by atoms with Crippen LogP contribution in [0.3, 0.4) is 0 Å². The van der Waals surface area contributed by atoms with Crippen molar-refractivity contribution in [2.24, 2.45) is 0 Å². The molecule has 0 radical (unpaired) electrons. The first-order valence-corrected chi connectivity index (χ1v) is 8.29. The summed E-state index contributed by atoms with van der Waals surface area (Å²) in [5, 5.41) is 10.1. The fraction of sp³-hybridized carbons (Fsp3) is 0.588. The van der Waals surface area contributed by atoms with Crippen molar-refractivity contribution in [1.29, 1.82) is 0 Å². The quantitative estimate of drug-likeness (QED) is 0.768. The van der Waals surface area contributed by atoms with E-state index >= 15 is 0 Å². The van der Waals surface area contributed by atoms with Gasteiger partial charge in [-0.2, -0.15) is 0 Å². The maximum absolute atomic E-state index is 12.6. The fourth-order valence-corrected chi connectivity index (χ4v) is 3.83. The van der Waals surface area contributed by atoms with E-state index in [1.807, 2.05) is 18.2 Å². The summed E-state index contributed by atoms with van der Waals surface area (Å²) in [4.78, 5) is 12.6. The Labute approximate surface area is 130 Å². The second-order valence-electron chi connectivity index (χ2n) is 6.60. The van der Waals surface area contributed by atoms with E-state index in [-0.39, 0.29) is 17.5 Å². The Morgan fingerprint density at radius 3 is 3.05 bits per heavy atom. The van der Waals surface area contributed by atoms with Gasteiger partial charge < -0.3 is 20.7 Å². The smallest absolute Gasteiger partial charge is 0.251 e. The fourth-order valence-electron chi connectivity index (χ4n) is 3.83. The molecule has 1 unspecified atom stereocenters. The number of carbonyl (C=O) groups excluding carboxylic acids is 1. The van der Waals surface area contributed by atoms with Crippen molar-refractivity contribution in [1.82, 2.24) is 16.0 Å². The first-order valence-electron chi connectivity index (χ1n) is 8.29. The topological polar surface area (TPSA) is 62.4 Å². The summed E-state index contributed by atoms with van der Waals surface area (Å²) in [6.07, 6.45) is 4.64. The highest BCUT2D eigenvalue weighted by molar-refractivity contribution is 5.95. The SMILES string of the molecule is O=C(NC1CCNC12CCC2)c1ccc2c(c1)OCCNC2. The minimum Gasteiger partial charge on any atom is -0.492 e. The number of fused-ring (bicyclic) bond motifs is 1. The minimum atomic E-state index is 0.0172. The van der Waals surface area contributed by atoms with Gasteiger partial charge in [-0.05, 0) is 44.4 Å². The van der Waals surface area contributed by atoms with Gasteiger partial charge in [0, 0.05) is 35.8 Å². The van der Waals surface area contributed by atoms with Crippen molar-refractivity contribution in [2.45, 2.75) is 43.8 Å². The van der Waals surface area contributed by atoms with Gasteiger partial charge in [0.15, 0.2) is 0 Å². The zero-order valence-corrected chi connectivity index (χ0v) is 12.8. The molecular formula is C17H23N3O2. The molecular weight excluding hydrogens is 278 g/mol. The number of carbonyl (C=O) groups is 1. The maximum Gasteiger partial charge on any atom is 0.251 e. The van der Waals surface area contributed by atoms with Crippen LogP contribution in [0.2, 0.25) is 0 Å². The van der Waals surface area contributed by atoms with Crippen LogP contribution in [0, 0.1) is 0 Å². The van der Waals surface area contributed by atoms with Gasteiger partial charge in [0.2, 0.25) is 0 Å². The van der Waals surface area contributed by atoms with Crippen LogP contribution in [0.15, 0.2) is 18.2 Å². The van der Waals surface area contributed by atoms with E-state index in [2.05, 4.69) is 16.0 Å². The molecule has 1 aromatic carbocycles. The van der Waals surface area contributed by atoms with Crippen molar-refractivity contribution >= 4 is 5.91 Å². The van der Waals surface area contributed by atoms with Gasteiger partial charge in [0.25, 0.3) is 5.91 Å². The predicted molar refractivity (Wildman–Crippen MR) is 84.1 cm³/mol. The van der Waals surface area contributed by atoms with E-state index in [0.717, 1.165) is 37.4 Å². The molecule has 0 aromatic heterocycles. The number of rotatable bonds is 2. The molecule has 3 N–H and O–H groups in total. The van der Waals surface area contributed by atoms with Gasteiger partial charge in [0.05, 0.1) is 0 Å². The van der Waals surface area contributed by atoms with Crippen LogP contribution < -0.4 is 20.7 Å². The summed E-state index contributed by atoms with van der Waals surface area (Å²) >= 11 is 0. The summed E-state index contributed by atoms with van der Waals surface area (Å²) in [6.45, 7) is 3.29. The summed E-state index contributed by atoms with van der Waals surface area (Å²) in [6, 6.07) is 6.04. The monoisotopic (exact) mass is 301 g/mol. The van der Waals surface area contributed by atoms with Crippen molar-refractivity contribution < 1.29 is 9.53 Å². The van der Waals surface area contributed by atoms with E-state index in [1.54, 1.807) is 0 Å². The van der Waals surface area contributed by atoms with Crippen LogP contribution >= 0.6 is 0 Å². The van der Waals surface area contributed by atoms with E-state index in [4.69, 9.17) is 4.74 Å². The molecule has 5 nitrogen and oxygen atoms in total. The second-order valence-corrected chi connectivity index (χ2v) is 6.60. The summed E-state index contributed by atoms with van der Waals surface area (Å²) in [7, 11) is 0. The number of hydrogen-bond acceptors (Lipinski definition) is 4. The molecule has 2 aliphatic heterocycles. The lowest BCUT2D eigenvalue weighted by Gasteiger charge is -2.43. The first kappa shape index (κ1) is 14.0. The molecule has 3 aliphatic rings. The van der Waals surface area contributed by atoms with E-state index in [0.29, 0.717) is 12.2 Å². The Morgan fingerprint density at radius 1 is 1.32 bits per heavy atom. The molecule has 5 heteroatoms. The normalized spacial score (nSPS) is 25.7. The molecule has 1 amide bonds. The molecule has 1 aliphatic carbocycles. The Balaban J connectivity index is 1.49. The lowest BCUT2D eigenvalue weighted by molar-refractivity contribution is 0.0881. The van der Waals surface area contributed by atoms with Crippen LogP contribution in [0.4, 0.5) is 0 Å². The van der Waals surface area contributed by atoms with Crippen LogP contribution in [0.5, 0.6) is 5.75 Å². The van der Waals surface area contributed by atoms with Gasteiger partial charge in [-0.3, -0.25) is 4.79 Å². The third kappa shape index (κ3) is 2.38. The molecule has 1 saturated carbocycles. The number of hydrogen-bond donors (Lipinski definition) is 3. The van der Waals surface area contributed by atoms with Gasteiger partial charge in [0.1, 0.15) is 12.4 Å². The van der Waals surface area contributed by atoms with Crippen molar-refractivity contribution in [3.05, 3.63) is 29.3 Å². The van der Waals surface area contributed by atoms with Crippen molar-refractivity contribution in [2.75, 3.05) is 19.7 Å². The minimum absolute atomic E-state index is 0.0172. The standard InChI is InChI=1S/C17H23N3O2/c21-16(20-15-4-7-19-17(15)5-1-6-17)12-2-3-13-11-18-8-9-22-14(13)10-12/h2-3,10,15,18-19H,1,4-9,11H2,(H,20,21). The van der Waals surface area contributed by atoms with Gasteiger partial charge in [-0.25, -0.2) is 0 Å². The molecule has 1 atom stereocenters. The Bertz CT molecular complexity index is 583. The highest BCUT2D eigenvalue weighted by atomic mass is 16.5. The molecule has 2 fully saturated rings. The highest BCUT2D eigenvalue weighted by Crippen LogP contribution is 2.39. The Morgan fingerprint density at radius 2 is 2.23 bits per heavy atom. The van der Waals surface area contributed by atoms with Crippen molar-refractivity contribution in [3.8, 4) is 5.75 Å². The average Bonchev–Trinajstić information content (AvgIpc) is 2.77. The number of nitrogens with one attached hydrogen (secondary N) is 3. The molecule has 4 rings (SSSR count). The second kappa shape index (κ2) is 5.56. The Hall–Kier alpha value is -1.59. The molecule has 2 heterocycles. The third-order valence-corrected chi connectivity index (χ3v) is 5.31. The lowest BCUT2D eigenvalue weighted by atomic mass is 9.73. The van der Waals surface area contributed by atoms with Crippen molar-refractivity contribution in [3.63, 3.8) is 0 Å². The van der Waals surface area contributed by atoms with Crippen LogP contribution in [0.25, 0.3) is 0 Å². The molecule has 0 bridgehead atoms. The molecule has 1 saturated heterocycles. The molecule has 1 spiro atoms. The first-order chi connectivity index (χ1) is 10.8. The largest absolute Gasteiger partial charge is 0.492 e. The van der Waals surface area contributed by atoms with Crippen LogP contribution in [0.1, 0.15) is 41.6 Å². The van der Waals surface area contributed by atoms with Gasteiger partial charge in [-0.15, -0.1) is 0 Å². The zero-order chi connectivity index (χ0) is 15.0. The highest BCUT2D eigenvalue weighted by Gasteiger charge is 2.47. The molecule has 22 heavy (non-hydrogen) atoms. The average molecular weight is 301 g/mol. The summed E-state index contributed by atoms with van der Waals surface area (Å²) < 4.78 is 5.73. The summed E-state index contributed by atoms with van der Waals surface area (Å²) in [5.74, 6) is 0.851. The predicted octanol–water partition coefficient (Wildman–Crippen LogP) is 1.18. The van der Waals surface area contributed by atoms with E-state index < -0.39 is 0 Å². The number of ether oxygens (including phenoxy) is 1. The van der Waals surface area contributed by atoms with Crippen LogP contribution in [-0.4, -0.2) is 37.2 Å². The van der Waals surface area contributed by atoms with Gasteiger partial charge in [-0.1, -0.05) is 6.07 Å². The maximum atomic E-state index is 12.6. The van der Waals surface area contributed by atoms with Crippen LogP contribution in [-0.2, 0) is 6.54 Å². The zero-order valence-electron chi connectivity index (χ0n) is 12.8. The Kier molecular flexibility index (Phi) is 3.54.